The van der Waals surface area contributed by atoms with Crippen LogP contribution in [0.4, 0.5) is 0 Å². The second kappa shape index (κ2) is 6.89. The highest BCUT2D eigenvalue weighted by atomic mass is 32.2. The fourth-order valence-corrected chi connectivity index (χ4v) is 4.52. The van der Waals surface area contributed by atoms with E-state index in [9.17, 15) is 13.2 Å². The Bertz CT molecular complexity index is 423. The first-order valence-corrected chi connectivity index (χ1v) is 9.04. The molecule has 1 rings (SSSR count). The zero-order chi connectivity index (χ0) is 15.4. The first-order valence-electron chi connectivity index (χ1n) is 7.32. The highest BCUT2D eigenvalue weighted by Gasteiger charge is 2.37. The molecule has 1 aliphatic carbocycles. The minimum absolute atomic E-state index is 0.0406. The molecule has 5 nitrogen and oxygen atoms in total. The van der Waals surface area contributed by atoms with E-state index >= 15 is 0 Å². The van der Waals surface area contributed by atoms with Crippen LogP contribution >= 0.6 is 0 Å². The van der Waals surface area contributed by atoms with Crippen molar-refractivity contribution in [1.82, 2.24) is 5.32 Å². The number of rotatable bonds is 5. The zero-order valence-corrected chi connectivity index (χ0v) is 13.8. The molecule has 6 heteroatoms. The standard InChI is InChI=1S/C14H27NO4S/c1-5-15-11-8-6-7-9-12(11)20(17,18)10-13(16)19-14(2,3)4/h11-12,15H,5-10H2,1-4H3. The summed E-state index contributed by atoms with van der Waals surface area (Å²) < 4.78 is 30.0. The van der Waals surface area contributed by atoms with Gasteiger partial charge in [-0.3, -0.25) is 4.79 Å². The minimum Gasteiger partial charge on any atom is -0.459 e. The van der Waals surface area contributed by atoms with Gasteiger partial charge >= 0.3 is 5.97 Å². The lowest BCUT2D eigenvalue weighted by Crippen LogP contribution is -2.48. The van der Waals surface area contributed by atoms with Crippen molar-refractivity contribution in [2.75, 3.05) is 12.3 Å². The summed E-state index contributed by atoms with van der Waals surface area (Å²) in [5.41, 5.74) is -0.653. The van der Waals surface area contributed by atoms with Crippen LogP contribution in [0.25, 0.3) is 0 Å². The summed E-state index contributed by atoms with van der Waals surface area (Å²) in [4.78, 5) is 11.8. The van der Waals surface area contributed by atoms with Crippen molar-refractivity contribution in [3.8, 4) is 0 Å². The topological polar surface area (TPSA) is 72.5 Å². The third-order valence-electron chi connectivity index (χ3n) is 3.37. The molecule has 0 spiro atoms. The van der Waals surface area contributed by atoms with Gasteiger partial charge in [0.2, 0.25) is 0 Å². The fourth-order valence-electron chi connectivity index (χ4n) is 2.66. The van der Waals surface area contributed by atoms with Crippen molar-refractivity contribution in [2.24, 2.45) is 0 Å². The molecule has 1 aliphatic rings. The second-order valence-electron chi connectivity index (χ2n) is 6.38. The van der Waals surface area contributed by atoms with Crippen molar-refractivity contribution >= 4 is 15.8 Å². The lowest BCUT2D eigenvalue weighted by molar-refractivity contribution is -0.151. The molecule has 0 aliphatic heterocycles. The largest absolute Gasteiger partial charge is 0.459 e. The molecule has 0 aromatic rings. The van der Waals surface area contributed by atoms with Crippen LogP contribution in [0.3, 0.4) is 0 Å². The molecular formula is C14H27NO4S. The fraction of sp³-hybridized carbons (Fsp3) is 0.929. The molecule has 0 aromatic heterocycles. The van der Waals surface area contributed by atoms with Gasteiger partial charge in [-0.05, 0) is 40.2 Å². The zero-order valence-electron chi connectivity index (χ0n) is 12.9. The van der Waals surface area contributed by atoms with E-state index in [1.807, 2.05) is 6.92 Å². The third kappa shape index (κ3) is 5.40. The normalized spacial score (nSPS) is 24.4. The van der Waals surface area contributed by atoms with E-state index in [-0.39, 0.29) is 6.04 Å². The van der Waals surface area contributed by atoms with E-state index in [1.165, 1.54) is 0 Å². The monoisotopic (exact) mass is 305 g/mol. The predicted molar refractivity (Wildman–Crippen MR) is 79.4 cm³/mol. The van der Waals surface area contributed by atoms with Crippen LogP contribution in [0.5, 0.6) is 0 Å². The molecule has 2 unspecified atom stereocenters. The van der Waals surface area contributed by atoms with Gasteiger partial charge in [-0.25, -0.2) is 8.42 Å². The smallest absolute Gasteiger partial charge is 0.321 e. The Morgan fingerprint density at radius 1 is 1.25 bits per heavy atom. The van der Waals surface area contributed by atoms with Crippen LogP contribution in [-0.2, 0) is 19.4 Å². The predicted octanol–water partition coefficient (Wildman–Crippen LogP) is 1.66. The van der Waals surface area contributed by atoms with Crippen LogP contribution in [0, 0.1) is 0 Å². The first kappa shape index (κ1) is 17.4. The summed E-state index contributed by atoms with van der Waals surface area (Å²) >= 11 is 0. The van der Waals surface area contributed by atoms with Gasteiger partial charge < -0.3 is 10.1 Å². The van der Waals surface area contributed by atoms with Gasteiger partial charge in [0.05, 0.1) is 5.25 Å². The van der Waals surface area contributed by atoms with Crippen molar-refractivity contribution in [2.45, 2.75) is 70.3 Å². The lowest BCUT2D eigenvalue weighted by atomic mass is 9.95. The molecule has 0 saturated heterocycles. The third-order valence-corrected chi connectivity index (χ3v) is 5.49. The number of sulfone groups is 1. The van der Waals surface area contributed by atoms with Gasteiger partial charge in [-0.15, -0.1) is 0 Å². The maximum Gasteiger partial charge on any atom is 0.321 e. The van der Waals surface area contributed by atoms with Crippen LogP contribution in [-0.4, -0.2) is 43.6 Å². The molecule has 118 valence electrons. The summed E-state index contributed by atoms with van der Waals surface area (Å²) in [6, 6.07) is -0.0406. The van der Waals surface area contributed by atoms with Gasteiger partial charge in [0.15, 0.2) is 9.84 Å². The van der Waals surface area contributed by atoms with E-state index in [0.29, 0.717) is 6.42 Å². The minimum atomic E-state index is -3.46. The molecule has 1 N–H and O–H groups in total. The summed E-state index contributed by atoms with van der Waals surface area (Å²) in [5, 5.41) is 2.76. The van der Waals surface area contributed by atoms with Crippen LogP contribution in [0.1, 0.15) is 53.4 Å². The highest BCUT2D eigenvalue weighted by Crippen LogP contribution is 2.25. The average Bonchev–Trinajstić information content (AvgIpc) is 2.26. The Hall–Kier alpha value is -0.620. The molecule has 0 amide bonds. The molecule has 0 bridgehead atoms. The van der Waals surface area contributed by atoms with E-state index < -0.39 is 32.4 Å². The quantitative estimate of drug-likeness (QED) is 0.782. The van der Waals surface area contributed by atoms with E-state index in [4.69, 9.17) is 4.74 Å². The Balaban J connectivity index is 2.73. The molecule has 1 saturated carbocycles. The molecular weight excluding hydrogens is 278 g/mol. The Morgan fingerprint density at radius 2 is 1.85 bits per heavy atom. The SMILES string of the molecule is CCNC1CCCCC1S(=O)(=O)CC(=O)OC(C)(C)C. The van der Waals surface area contributed by atoms with Crippen LogP contribution in [0.15, 0.2) is 0 Å². The molecule has 2 atom stereocenters. The second-order valence-corrected chi connectivity index (χ2v) is 8.60. The van der Waals surface area contributed by atoms with Gasteiger partial charge in [0.25, 0.3) is 0 Å². The maximum atomic E-state index is 12.4. The molecule has 0 radical (unpaired) electrons. The number of esters is 1. The molecule has 1 fully saturated rings. The summed E-state index contributed by atoms with van der Waals surface area (Å²) in [6.07, 6.45) is 3.42. The highest BCUT2D eigenvalue weighted by molar-refractivity contribution is 7.92. The summed E-state index contributed by atoms with van der Waals surface area (Å²) in [7, 11) is -3.46. The van der Waals surface area contributed by atoms with Gasteiger partial charge in [0, 0.05) is 6.04 Å². The number of hydrogen-bond acceptors (Lipinski definition) is 5. The maximum absolute atomic E-state index is 12.4. The first-order chi connectivity index (χ1) is 9.15. The molecule has 0 aromatic carbocycles. The molecule has 0 heterocycles. The summed E-state index contributed by atoms with van der Waals surface area (Å²) in [6.45, 7) is 7.91. The van der Waals surface area contributed by atoms with E-state index in [0.717, 1.165) is 25.8 Å². The number of carbonyl (C=O) groups excluding carboxylic acids is 1. The Morgan fingerprint density at radius 3 is 2.40 bits per heavy atom. The van der Waals surface area contributed by atoms with Crippen molar-refractivity contribution in [1.29, 1.82) is 0 Å². The lowest BCUT2D eigenvalue weighted by Gasteiger charge is -2.31. The number of ether oxygens (including phenoxy) is 1. The van der Waals surface area contributed by atoms with E-state index in [2.05, 4.69) is 5.32 Å². The van der Waals surface area contributed by atoms with Crippen molar-refractivity contribution in [3.63, 3.8) is 0 Å². The number of nitrogens with one attached hydrogen (secondary N) is 1. The van der Waals surface area contributed by atoms with Gasteiger partial charge in [-0.1, -0.05) is 19.8 Å². The van der Waals surface area contributed by atoms with Gasteiger partial charge in [0.1, 0.15) is 11.4 Å². The number of carbonyl (C=O) groups is 1. The summed E-state index contributed by atoms with van der Waals surface area (Å²) in [5.74, 6) is -1.17. The molecule has 20 heavy (non-hydrogen) atoms. The van der Waals surface area contributed by atoms with E-state index in [1.54, 1.807) is 20.8 Å². The number of hydrogen-bond donors (Lipinski definition) is 1. The van der Waals surface area contributed by atoms with Crippen molar-refractivity contribution < 1.29 is 17.9 Å². The van der Waals surface area contributed by atoms with Crippen LogP contribution < -0.4 is 5.32 Å². The van der Waals surface area contributed by atoms with Crippen molar-refractivity contribution in [3.05, 3.63) is 0 Å². The average molecular weight is 305 g/mol. The Kier molecular flexibility index (Phi) is 6.01. The Labute approximate surface area is 122 Å². The van der Waals surface area contributed by atoms with Gasteiger partial charge in [-0.2, -0.15) is 0 Å². The van der Waals surface area contributed by atoms with Crippen LogP contribution in [0.2, 0.25) is 0 Å².